The molecular formula is C15H14ClNO. The number of benzene rings is 2. The summed E-state index contributed by atoms with van der Waals surface area (Å²) < 4.78 is 0. The number of hydrogen-bond acceptors (Lipinski definition) is 2. The minimum Gasteiger partial charge on any atom is -0.508 e. The molecule has 0 aromatic heterocycles. The van der Waals surface area contributed by atoms with E-state index in [1.165, 1.54) is 0 Å². The van der Waals surface area contributed by atoms with Crippen LogP contribution in [0.2, 0.25) is 5.02 Å². The van der Waals surface area contributed by atoms with Crippen LogP contribution in [0.4, 0.5) is 5.69 Å². The summed E-state index contributed by atoms with van der Waals surface area (Å²) >= 11 is 6.01. The van der Waals surface area contributed by atoms with E-state index in [1.54, 1.807) is 18.2 Å². The Morgan fingerprint density at radius 2 is 2.00 bits per heavy atom. The lowest BCUT2D eigenvalue weighted by Gasteiger charge is -2.11. The van der Waals surface area contributed by atoms with Gasteiger partial charge in [0.05, 0.1) is 0 Å². The van der Waals surface area contributed by atoms with Crippen molar-refractivity contribution in [3.8, 4) is 5.75 Å². The summed E-state index contributed by atoms with van der Waals surface area (Å²) in [6.45, 7) is 5.96. The average molecular weight is 260 g/mol. The lowest BCUT2D eigenvalue weighted by Crippen LogP contribution is -1.97. The fourth-order valence-electron chi connectivity index (χ4n) is 1.74. The number of phenols is 1. The van der Waals surface area contributed by atoms with Crippen molar-refractivity contribution in [2.75, 3.05) is 5.32 Å². The van der Waals surface area contributed by atoms with Gasteiger partial charge in [0.25, 0.3) is 0 Å². The van der Waals surface area contributed by atoms with Gasteiger partial charge in [0.2, 0.25) is 0 Å². The molecule has 0 amide bonds. The topological polar surface area (TPSA) is 32.3 Å². The lowest BCUT2D eigenvalue weighted by atomic mass is 10.1. The number of rotatable bonds is 3. The summed E-state index contributed by atoms with van der Waals surface area (Å²) in [6, 6.07) is 12.7. The number of halogens is 1. The number of aryl methyl sites for hydroxylation is 1. The van der Waals surface area contributed by atoms with Crippen LogP contribution in [-0.2, 0) is 0 Å². The van der Waals surface area contributed by atoms with Crippen molar-refractivity contribution < 1.29 is 5.11 Å². The number of anilines is 1. The molecule has 0 heterocycles. The fourth-order valence-corrected chi connectivity index (χ4v) is 2.03. The molecule has 0 atom stereocenters. The predicted octanol–water partition coefficient (Wildman–Crippen LogP) is 4.44. The first kappa shape index (κ1) is 12.5. The summed E-state index contributed by atoms with van der Waals surface area (Å²) in [6.07, 6.45) is 0. The average Bonchev–Trinajstić information content (AvgIpc) is 2.27. The zero-order valence-corrected chi connectivity index (χ0v) is 10.8. The summed E-state index contributed by atoms with van der Waals surface area (Å²) in [7, 11) is 0. The molecule has 0 bridgehead atoms. The Bertz CT molecular complexity index is 573. The maximum Gasteiger partial charge on any atom is 0.117 e. The minimum absolute atomic E-state index is 0.218. The molecule has 0 aliphatic carbocycles. The van der Waals surface area contributed by atoms with Crippen LogP contribution in [0.15, 0.2) is 49.0 Å². The van der Waals surface area contributed by atoms with E-state index in [2.05, 4.69) is 11.9 Å². The van der Waals surface area contributed by atoms with E-state index >= 15 is 0 Å². The van der Waals surface area contributed by atoms with Gasteiger partial charge in [-0.15, -0.1) is 0 Å². The van der Waals surface area contributed by atoms with Gasteiger partial charge in [-0.25, -0.2) is 0 Å². The molecule has 0 saturated carbocycles. The molecule has 2 nitrogen and oxygen atoms in total. The zero-order valence-electron chi connectivity index (χ0n) is 10.1. The molecule has 18 heavy (non-hydrogen) atoms. The molecule has 0 aliphatic rings. The van der Waals surface area contributed by atoms with Crippen LogP contribution in [0.25, 0.3) is 5.70 Å². The van der Waals surface area contributed by atoms with Gasteiger partial charge in [0.15, 0.2) is 0 Å². The molecule has 2 rings (SSSR count). The molecule has 0 fully saturated rings. The van der Waals surface area contributed by atoms with Gasteiger partial charge in [-0.1, -0.05) is 24.2 Å². The third-order valence-corrected chi connectivity index (χ3v) is 2.75. The van der Waals surface area contributed by atoms with E-state index < -0.39 is 0 Å². The molecule has 2 aromatic carbocycles. The number of nitrogens with one attached hydrogen (secondary N) is 1. The Morgan fingerprint density at radius 3 is 2.67 bits per heavy atom. The van der Waals surface area contributed by atoms with Gasteiger partial charge in [0, 0.05) is 22.5 Å². The first-order valence-electron chi connectivity index (χ1n) is 5.57. The molecule has 0 radical (unpaired) electrons. The molecule has 2 N–H and O–H groups in total. The molecule has 0 aliphatic heterocycles. The summed E-state index contributed by atoms with van der Waals surface area (Å²) in [4.78, 5) is 0. The Kier molecular flexibility index (Phi) is 3.58. The quantitative estimate of drug-likeness (QED) is 0.854. The van der Waals surface area contributed by atoms with Gasteiger partial charge in [-0.2, -0.15) is 0 Å². The van der Waals surface area contributed by atoms with Gasteiger partial charge in [-0.3, -0.25) is 0 Å². The zero-order chi connectivity index (χ0) is 13.1. The normalized spacial score (nSPS) is 10.1. The Labute approximate surface area is 112 Å². The maximum atomic E-state index is 9.39. The van der Waals surface area contributed by atoms with Gasteiger partial charge in [-0.05, 0) is 48.4 Å². The Balaban J connectivity index is 2.22. The first-order valence-corrected chi connectivity index (χ1v) is 5.95. The van der Waals surface area contributed by atoms with Gasteiger partial charge >= 0.3 is 0 Å². The molecular weight excluding hydrogens is 246 g/mol. The predicted molar refractivity (Wildman–Crippen MR) is 77.0 cm³/mol. The van der Waals surface area contributed by atoms with Crippen molar-refractivity contribution in [1.29, 1.82) is 0 Å². The molecule has 0 spiro atoms. The van der Waals surface area contributed by atoms with Crippen LogP contribution >= 0.6 is 11.6 Å². The van der Waals surface area contributed by atoms with E-state index in [1.807, 2.05) is 31.2 Å². The largest absolute Gasteiger partial charge is 0.508 e. The van der Waals surface area contributed by atoms with Crippen LogP contribution in [0.3, 0.4) is 0 Å². The SMILES string of the molecule is C=C(Nc1cccc(O)c1)c1cc(C)cc(Cl)c1. The smallest absolute Gasteiger partial charge is 0.117 e. The van der Waals surface area contributed by atoms with Gasteiger partial charge < -0.3 is 10.4 Å². The second-order valence-corrected chi connectivity index (χ2v) is 4.61. The second kappa shape index (κ2) is 5.15. The van der Waals surface area contributed by atoms with E-state index in [-0.39, 0.29) is 5.75 Å². The minimum atomic E-state index is 0.218. The summed E-state index contributed by atoms with van der Waals surface area (Å²) in [5, 5.41) is 13.2. The third-order valence-electron chi connectivity index (χ3n) is 2.53. The monoisotopic (exact) mass is 259 g/mol. The Morgan fingerprint density at radius 1 is 1.22 bits per heavy atom. The van der Waals surface area contributed by atoms with Crippen LogP contribution < -0.4 is 5.32 Å². The second-order valence-electron chi connectivity index (χ2n) is 4.17. The Hall–Kier alpha value is -1.93. The highest BCUT2D eigenvalue weighted by atomic mass is 35.5. The van der Waals surface area contributed by atoms with Crippen molar-refractivity contribution in [2.45, 2.75) is 6.92 Å². The lowest BCUT2D eigenvalue weighted by molar-refractivity contribution is 0.475. The summed E-state index contributed by atoms with van der Waals surface area (Å²) in [5.41, 5.74) is 3.54. The van der Waals surface area contributed by atoms with Crippen LogP contribution in [-0.4, -0.2) is 5.11 Å². The molecule has 2 aromatic rings. The van der Waals surface area contributed by atoms with E-state index in [4.69, 9.17) is 11.6 Å². The highest BCUT2D eigenvalue weighted by molar-refractivity contribution is 6.30. The van der Waals surface area contributed by atoms with Crippen molar-refractivity contribution in [2.24, 2.45) is 0 Å². The van der Waals surface area contributed by atoms with Crippen molar-refractivity contribution in [1.82, 2.24) is 0 Å². The highest BCUT2D eigenvalue weighted by Crippen LogP contribution is 2.23. The van der Waals surface area contributed by atoms with Crippen LogP contribution in [0, 0.1) is 6.92 Å². The van der Waals surface area contributed by atoms with Gasteiger partial charge in [0.1, 0.15) is 5.75 Å². The van der Waals surface area contributed by atoms with Crippen LogP contribution in [0.1, 0.15) is 11.1 Å². The van der Waals surface area contributed by atoms with Crippen LogP contribution in [0.5, 0.6) is 5.75 Å². The van der Waals surface area contributed by atoms with Crippen molar-refractivity contribution in [3.05, 3.63) is 65.2 Å². The van der Waals surface area contributed by atoms with E-state index in [0.717, 1.165) is 22.5 Å². The molecule has 0 saturated heterocycles. The van der Waals surface area contributed by atoms with E-state index in [0.29, 0.717) is 5.02 Å². The number of phenolic OH excluding ortho intramolecular Hbond substituents is 1. The number of hydrogen-bond donors (Lipinski definition) is 2. The molecule has 92 valence electrons. The van der Waals surface area contributed by atoms with Crippen molar-refractivity contribution in [3.63, 3.8) is 0 Å². The number of aromatic hydroxyl groups is 1. The van der Waals surface area contributed by atoms with Crippen molar-refractivity contribution >= 4 is 23.0 Å². The molecule has 0 unspecified atom stereocenters. The summed E-state index contributed by atoms with van der Waals surface area (Å²) in [5.74, 6) is 0.218. The highest BCUT2D eigenvalue weighted by Gasteiger charge is 2.02. The standard InChI is InChI=1S/C15H14ClNO/c1-10-6-12(8-13(16)7-10)11(2)17-14-4-3-5-15(18)9-14/h3-9,17-18H,2H2,1H3. The first-order chi connectivity index (χ1) is 8.54. The van der Waals surface area contributed by atoms with E-state index in [9.17, 15) is 5.11 Å². The third kappa shape index (κ3) is 3.05. The molecule has 3 heteroatoms. The fraction of sp³-hybridized carbons (Fsp3) is 0.0667. The maximum absolute atomic E-state index is 9.39.